The maximum atomic E-state index is 4.38. The largest absolute Gasteiger partial charge is 0.308 e. The molecule has 0 saturated heterocycles. The maximum absolute atomic E-state index is 4.38. The molecule has 2 rings (SSSR count). The van der Waals surface area contributed by atoms with Crippen LogP contribution in [0.2, 0.25) is 0 Å². The summed E-state index contributed by atoms with van der Waals surface area (Å²) in [5.41, 5.74) is 1.29. The first-order valence-electron chi connectivity index (χ1n) is 5.83. The summed E-state index contributed by atoms with van der Waals surface area (Å²) in [5.74, 6) is 0. The quantitative estimate of drug-likeness (QED) is 0.902. The summed E-state index contributed by atoms with van der Waals surface area (Å²) in [6, 6.07) is 4.23. The maximum Gasteiger partial charge on any atom is 0.0543 e. The fourth-order valence-corrected chi connectivity index (χ4v) is 2.24. The van der Waals surface area contributed by atoms with E-state index >= 15 is 0 Å². The Morgan fingerprint density at radius 3 is 2.76 bits per heavy atom. The molecule has 0 fully saturated rings. The summed E-state index contributed by atoms with van der Waals surface area (Å²) in [5, 5.41) is 9.91. The third-order valence-corrected chi connectivity index (χ3v) is 3.41. The number of rotatable bonds is 4. The Bertz CT molecular complexity index is 451. The second kappa shape index (κ2) is 5.02. The van der Waals surface area contributed by atoms with Crippen LogP contribution in [0, 0.1) is 0 Å². The highest BCUT2D eigenvalue weighted by atomic mass is 32.1. The Morgan fingerprint density at radius 2 is 2.18 bits per heavy atom. The van der Waals surface area contributed by atoms with E-state index in [4.69, 9.17) is 0 Å². The highest BCUT2D eigenvalue weighted by Gasteiger charge is 2.13. The first-order valence-corrected chi connectivity index (χ1v) is 6.71. The molecule has 0 amide bonds. The van der Waals surface area contributed by atoms with E-state index in [0.29, 0.717) is 0 Å². The van der Waals surface area contributed by atoms with Crippen molar-refractivity contribution in [2.75, 3.05) is 0 Å². The Balaban J connectivity index is 1.85. The Morgan fingerprint density at radius 1 is 1.35 bits per heavy atom. The molecule has 92 valence electrons. The minimum atomic E-state index is 0.0615. The summed E-state index contributed by atoms with van der Waals surface area (Å²) in [6.07, 6.45) is 4.05. The van der Waals surface area contributed by atoms with Gasteiger partial charge in [0, 0.05) is 29.7 Å². The van der Waals surface area contributed by atoms with Crippen molar-refractivity contribution in [1.82, 2.24) is 15.1 Å². The van der Waals surface area contributed by atoms with Crippen molar-refractivity contribution in [3.05, 3.63) is 40.3 Å². The molecule has 0 aliphatic carbocycles. The molecular formula is C13H19N3S. The SMILES string of the molecule is CC(C)(C)n1cc(CNCc2cccs2)cn1. The van der Waals surface area contributed by atoms with Crippen LogP contribution >= 0.6 is 11.3 Å². The van der Waals surface area contributed by atoms with Crippen molar-refractivity contribution in [3.8, 4) is 0 Å². The van der Waals surface area contributed by atoms with Crippen molar-refractivity contribution >= 4 is 11.3 Å². The number of nitrogens with one attached hydrogen (secondary N) is 1. The van der Waals surface area contributed by atoms with Crippen LogP contribution in [0.3, 0.4) is 0 Å². The molecule has 2 aromatic rings. The zero-order valence-electron chi connectivity index (χ0n) is 10.6. The van der Waals surface area contributed by atoms with Gasteiger partial charge in [-0.05, 0) is 32.2 Å². The van der Waals surface area contributed by atoms with Gasteiger partial charge in [0.15, 0.2) is 0 Å². The molecule has 1 N–H and O–H groups in total. The van der Waals surface area contributed by atoms with Crippen LogP contribution in [0.4, 0.5) is 0 Å². The minimum absolute atomic E-state index is 0.0615. The number of nitrogens with zero attached hydrogens (tertiary/aromatic N) is 2. The normalized spacial score (nSPS) is 11.9. The summed E-state index contributed by atoms with van der Waals surface area (Å²) in [4.78, 5) is 1.37. The lowest BCUT2D eigenvalue weighted by molar-refractivity contribution is 0.355. The van der Waals surface area contributed by atoms with Crippen LogP contribution in [0.1, 0.15) is 31.2 Å². The lowest BCUT2D eigenvalue weighted by Gasteiger charge is -2.18. The molecule has 17 heavy (non-hydrogen) atoms. The molecule has 0 aliphatic rings. The third-order valence-electron chi connectivity index (χ3n) is 2.53. The topological polar surface area (TPSA) is 29.9 Å². The fraction of sp³-hybridized carbons (Fsp3) is 0.462. The van der Waals surface area contributed by atoms with Gasteiger partial charge < -0.3 is 5.32 Å². The number of aromatic nitrogens is 2. The van der Waals surface area contributed by atoms with Crippen molar-refractivity contribution < 1.29 is 0 Å². The van der Waals surface area contributed by atoms with E-state index in [9.17, 15) is 0 Å². The lowest BCUT2D eigenvalue weighted by Crippen LogP contribution is -2.22. The summed E-state index contributed by atoms with van der Waals surface area (Å²) in [6.45, 7) is 8.26. The van der Waals surface area contributed by atoms with Gasteiger partial charge in [-0.2, -0.15) is 5.10 Å². The zero-order chi connectivity index (χ0) is 12.3. The molecule has 0 bridgehead atoms. The highest BCUT2D eigenvalue weighted by Crippen LogP contribution is 2.13. The monoisotopic (exact) mass is 249 g/mol. The molecule has 0 aromatic carbocycles. The van der Waals surface area contributed by atoms with Crippen molar-refractivity contribution in [1.29, 1.82) is 0 Å². The highest BCUT2D eigenvalue weighted by molar-refractivity contribution is 7.09. The van der Waals surface area contributed by atoms with Gasteiger partial charge in [0.05, 0.1) is 11.7 Å². The Kier molecular flexibility index (Phi) is 3.64. The lowest BCUT2D eigenvalue weighted by atomic mass is 10.1. The number of hydrogen-bond donors (Lipinski definition) is 1. The fourth-order valence-electron chi connectivity index (χ4n) is 1.56. The predicted octanol–water partition coefficient (Wildman–Crippen LogP) is 2.99. The standard InChI is InChI=1S/C13H19N3S/c1-13(2,3)16-10-11(8-15-16)7-14-9-12-5-4-6-17-12/h4-6,8,10,14H,7,9H2,1-3H3. The van der Waals surface area contributed by atoms with E-state index in [1.54, 1.807) is 11.3 Å². The predicted molar refractivity (Wildman–Crippen MR) is 72.1 cm³/mol. The Labute approximate surface area is 106 Å². The molecule has 4 heteroatoms. The molecule has 3 nitrogen and oxygen atoms in total. The van der Waals surface area contributed by atoms with Crippen molar-refractivity contribution in [3.63, 3.8) is 0 Å². The van der Waals surface area contributed by atoms with Gasteiger partial charge >= 0.3 is 0 Å². The van der Waals surface area contributed by atoms with Gasteiger partial charge in [0.2, 0.25) is 0 Å². The summed E-state index contributed by atoms with van der Waals surface area (Å²) in [7, 11) is 0. The molecule has 0 saturated carbocycles. The minimum Gasteiger partial charge on any atom is -0.308 e. The molecule has 0 spiro atoms. The van der Waals surface area contributed by atoms with Crippen LogP contribution in [0.25, 0.3) is 0 Å². The molecule has 0 aliphatic heterocycles. The van der Waals surface area contributed by atoms with E-state index in [1.807, 2.05) is 10.9 Å². The molecule has 0 unspecified atom stereocenters. The average Bonchev–Trinajstić information content (AvgIpc) is 2.86. The zero-order valence-corrected chi connectivity index (χ0v) is 11.4. The first-order chi connectivity index (χ1) is 8.05. The van der Waals surface area contributed by atoms with Crippen LogP contribution < -0.4 is 5.32 Å². The van der Waals surface area contributed by atoms with E-state index < -0.39 is 0 Å². The van der Waals surface area contributed by atoms with Crippen molar-refractivity contribution in [2.45, 2.75) is 39.4 Å². The molecule has 2 heterocycles. The van der Waals surface area contributed by atoms with Crippen molar-refractivity contribution in [2.24, 2.45) is 0 Å². The van der Waals surface area contributed by atoms with E-state index in [0.717, 1.165) is 13.1 Å². The van der Waals surface area contributed by atoms with E-state index in [-0.39, 0.29) is 5.54 Å². The molecule has 0 atom stereocenters. The van der Waals surface area contributed by atoms with Gasteiger partial charge in [-0.15, -0.1) is 11.3 Å². The second-order valence-corrected chi connectivity index (χ2v) is 6.18. The van der Waals surface area contributed by atoms with Gasteiger partial charge in [-0.3, -0.25) is 4.68 Å². The van der Waals surface area contributed by atoms with Gasteiger partial charge in [0.1, 0.15) is 0 Å². The first kappa shape index (κ1) is 12.3. The molecule has 0 radical (unpaired) electrons. The number of hydrogen-bond acceptors (Lipinski definition) is 3. The third kappa shape index (κ3) is 3.41. The van der Waals surface area contributed by atoms with Crippen LogP contribution in [-0.2, 0) is 18.6 Å². The number of thiophene rings is 1. The van der Waals surface area contributed by atoms with E-state index in [1.165, 1.54) is 10.4 Å². The summed E-state index contributed by atoms with van der Waals surface area (Å²) < 4.78 is 2.01. The smallest absolute Gasteiger partial charge is 0.0543 e. The molecule has 2 aromatic heterocycles. The Hall–Kier alpha value is -1.13. The molecular weight excluding hydrogens is 230 g/mol. The van der Waals surface area contributed by atoms with Gasteiger partial charge in [0.25, 0.3) is 0 Å². The van der Waals surface area contributed by atoms with Crippen LogP contribution in [0.15, 0.2) is 29.9 Å². The van der Waals surface area contributed by atoms with Gasteiger partial charge in [-0.1, -0.05) is 6.07 Å². The van der Waals surface area contributed by atoms with E-state index in [2.05, 4.69) is 54.9 Å². The second-order valence-electron chi connectivity index (χ2n) is 5.15. The van der Waals surface area contributed by atoms with Crippen LogP contribution in [0.5, 0.6) is 0 Å². The van der Waals surface area contributed by atoms with Crippen LogP contribution in [-0.4, -0.2) is 9.78 Å². The summed E-state index contributed by atoms with van der Waals surface area (Å²) >= 11 is 1.78. The average molecular weight is 249 g/mol. The van der Waals surface area contributed by atoms with Gasteiger partial charge in [-0.25, -0.2) is 0 Å².